The summed E-state index contributed by atoms with van der Waals surface area (Å²) in [6.07, 6.45) is -0.195. The van der Waals surface area contributed by atoms with Gasteiger partial charge in [0.05, 0.1) is 16.8 Å². The predicted octanol–water partition coefficient (Wildman–Crippen LogP) is 2.85. The van der Waals surface area contributed by atoms with E-state index in [1.54, 1.807) is 18.2 Å². The predicted molar refractivity (Wildman–Crippen MR) is 55.3 cm³/mol. The second kappa shape index (κ2) is 4.85. The fourth-order valence-electron chi connectivity index (χ4n) is 0.857. The highest BCUT2D eigenvalue weighted by molar-refractivity contribution is 6.36. The van der Waals surface area contributed by atoms with Gasteiger partial charge in [0.15, 0.2) is 0 Å². The van der Waals surface area contributed by atoms with Crippen LogP contribution in [0.1, 0.15) is 6.42 Å². The number of rotatable bonds is 2. The minimum Gasteiger partial charge on any atom is -0.324 e. The minimum atomic E-state index is -0.392. The van der Waals surface area contributed by atoms with Crippen molar-refractivity contribution in [3.63, 3.8) is 0 Å². The maximum atomic E-state index is 11.0. The number of nitriles is 1. The molecule has 0 heterocycles. The summed E-state index contributed by atoms with van der Waals surface area (Å²) >= 11 is 11.5. The Balaban J connectivity index is 2.78. The number of amides is 1. The van der Waals surface area contributed by atoms with Gasteiger partial charge in [-0.15, -0.1) is 0 Å². The number of nitrogens with one attached hydrogen (secondary N) is 1. The third-order valence-electron chi connectivity index (χ3n) is 1.44. The van der Waals surface area contributed by atoms with E-state index in [4.69, 9.17) is 28.5 Å². The molecule has 14 heavy (non-hydrogen) atoms. The second-order valence-electron chi connectivity index (χ2n) is 2.51. The first-order chi connectivity index (χ1) is 6.63. The Morgan fingerprint density at radius 2 is 2.21 bits per heavy atom. The number of carbonyl (C=O) groups excluding carboxylic acids is 1. The van der Waals surface area contributed by atoms with Gasteiger partial charge in [-0.1, -0.05) is 23.2 Å². The van der Waals surface area contributed by atoms with Gasteiger partial charge in [-0.2, -0.15) is 5.26 Å². The molecule has 72 valence electrons. The van der Waals surface area contributed by atoms with Crippen LogP contribution in [0.3, 0.4) is 0 Å². The molecule has 1 aromatic carbocycles. The number of carbonyl (C=O) groups is 1. The smallest absolute Gasteiger partial charge is 0.238 e. The van der Waals surface area contributed by atoms with Crippen LogP contribution in [0.2, 0.25) is 10.0 Å². The van der Waals surface area contributed by atoms with E-state index in [1.807, 2.05) is 0 Å². The summed E-state index contributed by atoms with van der Waals surface area (Å²) < 4.78 is 0. The van der Waals surface area contributed by atoms with Crippen LogP contribution in [0, 0.1) is 11.3 Å². The third kappa shape index (κ3) is 2.91. The summed E-state index contributed by atoms with van der Waals surface area (Å²) in [7, 11) is 0. The van der Waals surface area contributed by atoms with E-state index in [-0.39, 0.29) is 6.42 Å². The molecule has 0 saturated heterocycles. The van der Waals surface area contributed by atoms with Crippen molar-refractivity contribution in [3.05, 3.63) is 28.2 Å². The fraction of sp³-hybridized carbons (Fsp3) is 0.111. The SMILES string of the molecule is N#CCC(=O)Nc1ccc(Cl)cc1Cl. The molecule has 0 bridgehead atoms. The van der Waals surface area contributed by atoms with E-state index >= 15 is 0 Å². The molecule has 0 aliphatic carbocycles. The lowest BCUT2D eigenvalue weighted by molar-refractivity contribution is -0.115. The number of benzene rings is 1. The van der Waals surface area contributed by atoms with Gasteiger partial charge in [-0.05, 0) is 18.2 Å². The van der Waals surface area contributed by atoms with Gasteiger partial charge in [-0.25, -0.2) is 0 Å². The number of nitrogens with zero attached hydrogens (tertiary/aromatic N) is 1. The van der Waals surface area contributed by atoms with Crippen LogP contribution in [0.4, 0.5) is 5.69 Å². The quantitative estimate of drug-likeness (QED) is 0.847. The van der Waals surface area contributed by atoms with Crippen molar-refractivity contribution in [1.29, 1.82) is 5.26 Å². The summed E-state index contributed by atoms with van der Waals surface area (Å²) in [5, 5.41) is 11.6. The summed E-state index contributed by atoms with van der Waals surface area (Å²) in [4.78, 5) is 11.0. The largest absolute Gasteiger partial charge is 0.324 e. The Morgan fingerprint density at radius 3 is 2.79 bits per heavy atom. The molecule has 1 N–H and O–H groups in total. The molecule has 3 nitrogen and oxygen atoms in total. The standard InChI is InChI=1S/C9H6Cl2N2O/c10-6-1-2-8(7(11)5-6)13-9(14)3-4-12/h1-2,5H,3H2,(H,13,14). The number of halogens is 2. The Kier molecular flexibility index (Phi) is 3.75. The number of hydrogen-bond acceptors (Lipinski definition) is 2. The lowest BCUT2D eigenvalue weighted by Crippen LogP contribution is -2.10. The van der Waals surface area contributed by atoms with Crippen LogP contribution in [0.5, 0.6) is 0 Å². The van der Waals surface area contributed by atoms with E-state index in [1.165, 1.54) is 6.07 Å². The Bertz CT molecular complexity index is 398. The summed E-state index contributed by atoms with van der Waals surface area (Å²) in [5.74, 6) is -0.392. The first-order valence-electron chi connectivity index (χ1n) is 3.75. The third-order valence-corrected chi connectivity index (χ3v) is 1.99. The van der Waals surface area contributed by atoms with Gasteiger partial charge in [-0.3, -0.25) is 4.79 Å². The Hall–Kier alpha value is -1.24. The van der Waals surface area contributed by atoms with Crippen LogP contribution >= 0.6 is 23.2 Å². The molecule has 0 aromatic heterocycles. The van der Waals surface area contributed by atoms with E-state index in [0.717, 1.165) is 0 Å². The van der Waals surface area contributed by atoms with Crippen molar-refractivity contribution < 1.29 is 4.79 Å². The Morgan fingerprint density at radius 1 is 1.50 bits per heavy atom. The summed E-state index contributed by atoms with van der Waals surface area (Å²) in [6, 6.07) is 6.45. The van der Waals surface area contributed by atoms with Gasteiger partial charge in [0, 0.05) is 5.02 Å². The van der Waals surface area contributed by atoms with E-state index in [2.05, 4.69) is 5.32 Å². The molecule has 0 unspecified atom stereocenters. The van der Waals surface area contributed by atoms with Crippen molar-refractivity contribution in [2.75, 3.05) is 5.32 Å². The first kappa shape index (κ1) is 10.8. The molecule has 0 aliphatic heterocycles. The van der Waals surface area contributed by atoms with Crippen molar-refractivity contribution in [3.8, 4) is 6.07 Å². The lowest BCUT2D eigenvalue weighted by atomic mass is 10.3. The van der Waals surface area contributed by atoms with Crippen LogP contribution in [0.25, 0.3) is 0 Å². The Labute approximate surface area is 91.2 Å². The molecule has 1 rings (SSSR count). The van der Waals surface area contributed by atoms with Gasteiger partial charge in [0.25, 0.3) is 0 Å². The van der Waals surface area contributed by atoms with Crippen LogP contribution in [-0.4, -0.2) is 5.91 Å². The molecular weight excluding hydrogens is 223 g/mol. The van der Waals surface area contributed by atoms with Crippen molar-refractivity contribution in [2.45, 2.75) is 6.42 Å². The lowest BCUT2D eigenvalue weighted by Gasteiger charge is -2.04. The van der Waals surface area contributed by atoms with Crippen molar-refractivity contribution in [2.24, 2.45) is 0 Å². The average molecular weight is 229 g/mol. The highest BCUT2D eigenvalue weighted by Gasteiger charge is 2.05. The van der Waals surface area contributed by atoms with Gasteiger partial charge in [0.1, 0.15) is 6.42 Å². The molecule has 0 saturated carbocycles. The van der Waals surface area contributed by atoms with Gasteiger partial charge in [0.2, 0.25) is 5.91 Å². The molecule has 1 aromatic rings. The zero-order valence-corrected chi connectivity index (χ0v) is 8.56. The van der Waals surface area contributed by atoms with E-state index < -0.39 is 5.91 Å². The van der Waals surface area contributed by atoms with Crippen molar-refractivity contribution >= 4 is 34.8 Å². The van der Waals surface area contributed by atoms with Crippen LogP contribution in [-0.2, 0) is 4.79 Å². The first-order valence-corrected chi connectivity index (χ1v) is 4.51. The van der Waals surface area contributed by atoms with Gasteiger partial charge >= 0.3 is 0 Å². The average Bonchev–Trinajstić information content (AvgIpc) is 2.10. The molecule has 5 heteroatoms. The number of hydrogen-bond donors (Lipinski definition) is 1. The molecule has 1 amide bonds. The summed E-state index contributed by atoms with van der Waals surface area (Å²) in [6.45, 7) is 0. The topological polar surface area (TPSA) is 52.9 Å². The van der Waals surface area contributed by atoms with Gasteiger partial charge < -0.3 is 5.32 Å². The van der Waals surface area contributed by atoms with E-state index in [9.17, 15) is 4.79 Å². The normalized spacial score (nSPS) is 9.21. The van der Waals surface area contributed by atoms with Crippen LogP contribution < -0.4 is 5.32 Å². The van der Waals surface area contributed by atoms with E-state index in [0.29, 0.717) is 15.7 Å². The highest BCUT2D eigenvalue weighted by Crippen LogP contribution is 2.25. The molecule has 0 atom stereocenters. The highest BCUT2D eigenvalue weighted by atomic mass is 35.5. The minimum absolute atomic E-state index is 0.195. The molecule has 0 spiro atoms. The summed E-state index contributed by atoms with van der Waals surface area (Å²) in [5.41, 5.74) is 0.455. The zero-order valence-electron chi connectivity index (χ0n) is 7.05. The zero-order chi connectivity index (χ0) is 10.6. The maximum absolute atomic E-state index is 11.0. The molecule has 0 aliphatic rings. The monoisotopic (exact) mass is 228 g/mol. The number of anilines is 1. The second-order valence-corrected chi connectivity index (χ2v) is 3.35. The molecular formula is C9H6Cl2N2O. The maximum Gasteiger partial charge on any atom is 0.238 e. The molecule has 0 radical (unpaired) electrons. The van der Waals surface area contributed by atoms with Crippen molar-refractivity contribution in [1.82, 2.24) is 0 Å². The van der Waals surface area contributed by atoms with Crippen LogP contribution in [0.15, 0.2) is 18.2 Å². The molecule has 0 fully saturated rings. The fourth-order valence-corrected chi connectivity index (χ4v) is 1.31.